The first kappa shape index (κ1) is 54.7. The molecule has 24 nitrogen and oxygen atoms in total. The fourth-order valence-corrected chi connectivity index (χ4v) is 10.6. The van der Waals surface area contributed by atoms with Crippen molar-refractivity contribution >= 4 is 37.2 Å². The number of aliphatic hydroxyl groups excluding tert-OH is 2. The van der Waals surface area contributed by atoms with Gasteiger partial charge in [0, 0.05) is 52.4 Å². The highest BCUT2D eigenvalue weighted by molar-refractivity contribution is 7.57. The number of aliphatic hydroxyl groups is 2. The van der Waals surface area contributed by atoms with E-state index in [1.807, 2.05) is 27.7 Å². The molecule has 0 aromatic carbocycles. The van der Waals surface area contributed by atoms with E-state index in [0.717, 1.165) is 18.4 Å². The van der Waals surface area contributed by atoms with E-state index in [0.29, 0.717) is 0 Å². The Morgan fingerprint density at radius 1 is 0.875 bits per heavy atom. The number of rotatable bonds is 28. The number of esters is 3. The third-order valence-electron chi connectivity index (χ3n) is 9.62. The van der Waals surface area contributed by atoms with Crippen LogP contribution in [-0.4, -0.2) is 182 Å². The third kappa shape index (κ3) is 15.5. The van der Waals surface area contributed by atoms with E-state index in [4.69, 9.17) is 57.6 Å². The van der Waals surface area contributed by atoms with Crippen LogP contribution in [0.4, 0.5) is 5.82 Å². The van der Waals surface area contributed by atoms with Crippen LogP contribution in [0.1, 0.15) is 61.8 Å². The molecule has 0 bridgehead atoms. The van der Waals surface area contributed by atoms with Gasteiger partial charge in [-0.3, -0.25) is 28.3 Å². The van der Waals surface area contributed by atoms with Gasteiger partial charge in [0.2, 0.25) is 11.4 Å². The van der Waals surface area contributed by atoms with Crippen molar-refractivity contribution in [3.05, 3.63) is 22.7 Å². The second-order valence-corrected chi connectivity index (χ2v) is 17.8. The number of nitrogens with one attached hydrogen (secondary N) is 1. The maximum absolute atomic E-state index is 15.3. The summed E-state index contributed by atoms with van der Waals surface area (Å²) in [4.78, 5) is 64.6. The van der Waals surface area contributed by atoms with Gasteiger partial charge < -0.3 is 73.2 Å². The first-order valence-corrected chi connectivity index (χ1v) is 22.5. The summed E-state index contributed by atoms with van der Waals surface area (Å²) in [5, 5.41) is 23.4. The highest BCUT2D eigenvalue weighted by atomic mass is 31.2. The summed E-state index contributed by atoms with van der Waals surface area (Å²) < 4.78 is 80.3. The van der Waals surface area contributed by atoms with Crippen molar-refractivity contribution in [2.45, 2.75) is 122 Å². The van der Waals surface area contributed by atoms with Crippen LogP contribution in [0.15, 0.2) is 17.1 Å². The summed E-state index contributed by atoms with van der Waals surface area (Å²) >= 11 is 0. The lowest BCUT2D eigenvalue weighted by atomic mass is 9.96. The van der Waals surface area contributed by atoms with Crippen LogP contribution in [0.2, 0.25) is 0 Å². The molecule has 2 fully saturated rings. The molecule has 3 heterocycles. The van der Waals surface area contributed by atoms with Crippen LogP contribution in [0, 0.1) is 0 Å². The molecule has 0 spiro atoms. The van der Waals surface area contributed by atoms with Gasteiger partial charge >= 0.3 is 31.1 Å². The third-order valence-corrected chi connectivity index (χ3v) is 13.1. The van der Waals surface area contributed by atoms with Crippen molar-refractivity contribution < 1.29 is 85.8 Å². The van der Waals surface area contributed by atoms with Crippen molar-refractivity contribution in [1.82, 2.24) is 19.5 Å². The number of amides is 1. The molecule has 2 aliphatic rings. The molecule has 64 heavy (non-hydrogen) atoms. The zero-order valence-electron chi connectivity index (χ0n) is 37.7. The summed E-state index contributed by atoms with van der Waals surface area (Å²) in [6, 6.07) is -0.501. The molecule has 1 aromatic heterocycles. The Morgan fingerprint density at radius 2 is 1.41 bits per heavy atom. The highest BCUT2D eigenvalue weighted by Crippen LogP contribution is 2.69. The number of anilines is 1. The monoisotopic (exact) mass is 939 g/mol. The van der Waals surface area contributed by atoms with E-state index in [2.05, 4.69) is 10.3 Å². The lowest BCUT2D eigenvalue weighted by Gasteiger charge is -2.46. The SMILES string of the molecule is CC(=O)N[C@H]1[C@H](OCCOCCOCCOCCOCCOP(=O)(N(C(C)C)C(C)C)[C@]2(n3ccc(N)nc3=O)C[C@H](O)[C@@H](CO)O2)O[C@H](COC(C)=O)[C@H](OC(C)=O)[C@@H]1OC(C)=O. The minimum atomic E-state index is -4.28. The maximum atomic E-state index is 15.3. The van der Waals surface area contributed by atoms with Crippen molar-refractivity contribution in [2.75, 3.05) is 85.0 Å². The van der Waals surface area contributed by atoms with Gasteiger partial charge in [-0.25, -0.2) is 9.46 Å². The van der Waals surface area contributed by atoms with Crippen LogP contribution >= 0.6 is 7.52 Å². The summed E-state index contributed by atoms with van der Waals surface area (Å²) in [5.74, 6) is -2.64. The molecule has 0 saturated carbocycles. The van der Waals surface area contributed by atoms with Gasteiger partial charge in [-0.1, -0.05) is 0 Å². The predicted molar refractivity (Wildman–Crippen MR) is 222 cm³/mol. The van der Waals surface area contributed by atoms with Crippen molar-refractivity contribution in [2.24, 2.45) is 0 Å². The number of nitrogens with two attached hydrogens (primary N) is 1. The summed E-state index contributed by atoms with van der Waals surface area (Å²) in [6.07, 6.45) is -6.28. The Labute approximate surface area is 372 Å². The number of ether oxygens (including phenoxy) is 10. The van der Waals surface area contributed by atoms with E-state index in [1.54, 1.807) is 4.67 Å². The molecule has 2 saturated heterocycles. The smallest absolute Gasteiger partial charge is 0.352 e. The lowest BCUT2D eigenvalue weighted by Crippen LogP contribution is -2.66. The lowest BCUT2D eigenvalue weighted by molar-refractivity contribution is -0.279. The predicted octanol–water partition coefficient (Wildman–Crippen LogP) is -0.354. The number of aromatic nitrogens is 2. The summed E-state index contributed by atoms with van der Waals surface area (Å²) in [7, 11) is -4.28. The molecule has 0 aliphatic carbocycles. The first-order chi connectivity index (χ1) is 30.3. The summed E-state index contributed by atoms with van der Waals surface area (Å²) in [6.45, 7) is 12.1. The highest BCUT2D eigenvalue weighted by Gasteiger charge is 2.64. The zero-order chi connectivity index (χ0) is 47.6. The Kier molecular flexibility index (Phi) is 22.6. The standard InChI is InChI=1S/C39H66N5O19P/c1-24(2)44(25(3)4)64(52,39(21-30(50)31(22-45)63-39)43-10-9-33(40)42-38(43)51)59-20-18-56-16-14-54-12-11-53-13-15-55-17-19-57-37-34(41-26(5)46)36(61-29(8)49)35(60-28(7)48)32(62-37)23-58-27(6)47/h9-10,24-25,30-32,34-37,45,50H,11-23H2,1-8H3,(H,41,46)(H2,40,42,51)/t30-,31+,32+,34+,35-,36+,37+,39-,64?/m0/s1. The van der Waals surface area contributed by atoms with Gasteiger partial charge in [-0.05, 0) is 33.8 Å². The molecular formula is C39H66N5O19P. The molecule has 3 rings (SSSR count). The van der Waals surface area contributed by atoms with Crippen LogP contribution < -0.4 is 16.7 Å². The van der Waals surface area contributed by atoms with E-state index in [1.165, 1.54) is 26.1 Å². The van der Waals surface area contributed by atoms with E-state index in [9.17, 15) is 34.2 Å². The number of carbonyl (C=O) groups excluding carboxylic acids is 4. The van der Waals surface area contributed by atoms with Gasteiger partial charge in [0.25, 0.3) is 0 Å². The molecule has 1 amide bonds. The number of hydrogen-bond donors (Lipinski definition) is 4. The van der Waals surface area contributed by atoms with Gasteiger partial charge in [0.1, 0.15) is 30.7 Å². The van der Waals surface area contributed by atoms with Crippen molar-refractivity contribution in [3.8, 4) is 0 Å². The van der Waals surface area contributed by atoms with Crippen LogP contribution in [-0.2, 0) is 81.1 Å². The van der Waals surface area contributed by atoms with E-state index in [-0.39, 0.29) is 97.0 Å². The molecular weight excluding hydrogens is 873 g/mol. The topological polar surface area (TPSA) is 304 Å². The fraction of sp³-hybridized carbons (Fsp3) is 0.795. The average Bonchev–Trinajstić information content (AvgIpc) is 3.55. The zero-order valence-corrected chi connectivity index (χ0v) is 38.6. The van der Waals surface area contributed by atoms with Gasteiger partial charge in [-0.2, -0.15) is 4.98 Å². The minimum Gasteiger partial charge on any atom is -0.463 e. The number of nitrogen functional groups attached to an aromatic ring is 1. The van der Waals surface area contributed by atoms with E-state index >= 15 is 4.57 Å². The van der Waals surface area contributed by atoms with E-state index < -0.39 is 91.9 Å². The molecule has 25 heteroatoms. The Bertz CT molecular complexity index is 1750. The Hall–Kier alpha value is -3.65. The Morgan fingerprint density at radius 3 is 1.88 bits per heavy atom. The van der Waals surface area contributed by atoms with Crippen LogP contribution in [0.3, 0.4) is 0 Å². The molecule has 9 atom stereocenters. The second-order valence-electron chi connectivity index (χ2n) is 15.3. The second kappa shape index (κ2) is 26.5. The largest absolute Gasteiger partial charge is 0.463 e. The minimum absolute atomic E-state index is 0.0108. The number of nitrogens with zero attached hydrogens (tertiary/aromatic N) is 3. The molecule has 1 aromatic rings. The molecule has 0 radical (unpaired) electrons. The first-order valence-electron chi connectivity index (χ1n) is 21.0. The molecule has 2 aliphatic heterocycles. The van der Waals surface area contributed by atoms with Crippen LogP contribution in [0.5, 0.6) is 0 Å². The van der Waals surface area contributed by atoms with Crippen molar-refractivity contribution in [3.63, 3.8) is 0 Å². The normalized spacial score (nSPS) is 25.6. The summed E-state index contributed by atoms with van der Waals surface area (Å²) in [5.41, 5.74) is 2.82. The quantitative estimate of drug-likeness (QED) is 0.0361. The van der Waals surface area contributed by atoms with Gasteiger partial charge in [-0.15, -0.1) is 0 Å². The fourth-order valence-electron chi connectivity index (χ4n) is 7.28. The van der Waals surface area contributed by atoms with Gasteiger partial charge in [0.05, 0.1) is 78.8 Å². The average molecular weight is 940 g/mol. The maximum Gasteiger partial charge on any atom is 0.352 e. The number of carbonyl (C=O) groups is 4. The van der Waals surface area contributed by atoms with Crippen molar-refractivity contribution in [1.29, 1.82) is 0 Å². The Balaban J connectivity index is 1.43. The molecule has 366 valence electrons. The molecule has 1 unspecified atom stereocenters. The molecule has 5 N–H and O–H groups in total. The van der Waals surface area contributed by atoms with Gasteiger partial charge in [0.15, 0.2) is 18.5 Å². The number of hydrogen-bond acceptors (Lipinski definition) is 21. The van der Waals surface area contributed by atoms with Crippen LogP contribution in [0.25, 0.3) is 0 Å².